The van der Waals surface area contributed by atoms with Crippen LogP contribution in [-0.4, -0.2) is 37.2 Å². The molecule has 6 nitrogen and oxygen atoms in total. The standard InChI is InChI=1S/C46H86O6/c1-4-7-10-13-16-19-20-21-22-23-24-25-28-30-33-36-39-45(48)51-42-43(52-46(49)40-37-34-31-27-18-15-12-9-6-3)41-50-44(47)38-35-32-29-26-17-14-11-8-5-2/h22-23,43H,4-21,24-42H2,1-3H3/b23-22-. The third-order valence-electron chi connectivity index (χ3n) is 10.0. The average molecular weight is 735 g/mol. The van der Waals surface area contributed by atoms with Crippen LogP contribution in [0.3, 0.4) is 0 Å². The second kappa shape index (κ2) is 41.9. The third kappa shape index (κ3) is 39.4. The predicted octanol–water partition coefficient (Wildman–Crippen LogP) is 14.3. The Morgan fingerprint density at radius 2 is 0.635 bits per heavy atom. The van der Waals surface area contributed by atoms with Crippen molar-refractivity contribution in [2.75, 3.05) is 13.2 Å². The molecule has 0 radical (unpaired) electrons. The molecule has 0 N–H and O–H groups in total. The number of ether oxygens (including phenoxy) is 3. The molecule has 0 amide bonds. The summed E-state index contributed by atoms with van der Waals surface area (Å²) in [6.07, 6.45) is 43.4. The summed E-state index contributed by atoms with van der Waals surface area (Å²) in [5.41, 5.74) is 0. The van der Waals surface area contributed by atoms with Gasteiger partial charge in [0.1, 0.15) is 13.2 Å². The van der Waals surface area contributed by atoms with Gasteiger partial charge in [-0.25, -0.2) is 0 Å². The first-order chi connectivity index (χ1) is 25.5. The fraction of sp³-hybridized carbons (Fsp3) is 0.891. The molecule has 0 aromatic rings. The van der Waals surface area contributed by atoms with Gasteiger partial charge < -0.3 is 14.2 Å². The molecular weight excluding hydrogens is 648 g/mol. The van der Waals surface area contributed by atoms with Crippen molar-refractivity contribution in [3.05, 3.63) is 12.2 Å². The summed E-state index contributed by atoms with van der Waals surface area (Å²) < 4.78 is 16.6. The van der Waals surface area contributed by atoms with Crippen molar-refractivity contribution in [1.82, 2.24) is 0 Å². The van der Waals surface area contributed by atoms with Crippen LogP contribution < -0.4 is 0 Å². The van der Waals surface area contributed by atoms with Gasteiger partial charge in [-0.2, -0.15) is 0 Å². The van der Waals surface area contributed by atoms with Crippen molar-refractivity contribution in [3.63, 3.8) is 0 Å². The molecule has 0 saturated heterocycles. The van der Waals surface area contributed by atoms with E-state index in [0.717, 1.165) is 64.2 Å². The van der Waals surface area contributed by atoms with E-state index < -0.39 is 6.10 Å². The maximum absolute atomic E-state index is 12.6. The minimum atomic E-state index is -0.763. The van der Waals surface area contributed by atoms with Crippen molar-refractivity contribution < 1.29 is 28.6 Å². The lowest BCUT2D eigenvalue weighted by molar-refractivity contribution is -0.167. The van der Waals surface area contributed by atoms with Gasteiger partial charge in [0.15, 0.2) is 6.10 Å². The first-order valence-corrected chi connectivity index (χ1v) is 22.7. The van der Waals surface area contributed by atoms with Crippen molar-refractivity contribution >= 4 is 17.9 Å². The maximum Gasteiger partial charge on any atom is 0.306 e. The summed E-state index contributed by atoms with van der Waals surface area (Å²) in [6.45, 7) is 6.59. The Balaban J connectivity index is 4.28. The molecule has 0 aliphatic heterocycles. The van der Waals surface area contributed by atoms with Gasteiger partial charge in [0.25, 0.3) is 0 Å². The van der Waals surface area contributed by atoms with Gasteiger partial charge >= 0.3 is 17.9 Å². The monoisotopic (exact) mass is 735 g/mol. The fourth-order valence-electron chi connectivity index (χ4n) is 6.55. The van der Waals surface area contributed by atoms with Crippen molar-refractivity contribution in [1.29, 1.82) is 0 Å². The number of unbranched alkanes of at least 4 members (excludes halogenated alkanes) is 28. The van der Waals surface area contributed by atoms with Crippen LogP contribution in [0.2, 0.25) is 0 Å². The van der Waals surface area contributed by atoms with E-state index in [1.807, 2.05) is 0 Å². The summed E-state index contributed by atoms with van der Waals surface area (Å²) in [5.74, 6) is -0.876. The highest BCUT2D eigenvalue weighted by molar-refractivity contribution is 5.71. The van der Waals surface area contributed by atoms with E-state index in [0.29, 0.717) is 19.3 Å². The number of carbonyl (C=O) groups is 3. The summed E-state index contributed by atoms with van der Waals surface area (Å²) in [6, 6.07) is 0. The van der Waals surface area contributed by atoms with E-state index >= 15 is 0 Å². The summed E-state index contributed by atoms with van der Waals surface area (Å²) in [4.78, 5) is 37.6. The van der Waals surface area contributed by atoms with E-state index in [1.165, 1.54) is 141 Å². The Labute approximate surface area is 322 Å². The van der Waals surface area contributed by atoms with Crippen LogP contribution in [0.4, 0.5) is 0 Å². The number of carbonyl (C=O) groups excluding carboxylic acids is 3. The number of allylic oxidation sites excluding steroid dienone is 2. The van der Waals surface area contributed by atoms with Gasteiger partial charge in [0.05, 0.1) is 0 Å². The molecule has 0 aliphatic carbocycles. The van der Waals surface area contributed by atoms with E-state index in [4.69, 9.17) is 14.2 Å². The molecule has 0 fully saturated rings. The Morgan fingerprint density at radius 3 is 0.962 bits per heavy atom. The Kier molecular flexibility index (Phi) is 40.4. The molecular formula is C46H86O6. The highest BCUT2D eigenvalue weighted by Gasteiger charge is 2.19. The van der Waals surface area contributed by atoms with E-state index in [2.05, 4.69) is 32.9 Å². The molecule has 0 spiro atoms. The van der Waals surface area contributed by atoms with Crippen LogP contribution in [0.15, 0.2) is 12.2 Å². The van der Waals surface area contributed by atoms with Crippen LogP contribution in [0.25, 0.3) is 0 Å². The topological polar surface area (TPSA) is 78.9 Å². The van der Waals surface area contributed by atoms with Gasteiger partial charge in [-0.3, -0.25) is 14.4 Å². The second-order valence-electron chi connectivity index (χ2n) is 15.3. The van der Waals surface area contributed by atoms with Gasteiger partial charge in [-0.15, -0.1) is 0 Å². The Bertz CT molecular complexity index is 809. The fourth-order valence-corrected chi connectivity index (χ4v) is 6.55. The molecule has 52 heavy (non-hydrogen) atoms. The molecule has 1 unspecified atom stereocenters. The second-order valence-corrected chi connectivity index (χ2v) is 15.3. The molecule has 0 aromatic heterocycles. The smallest absolute Gasteiger partial charge is 0.306 e. The van der Waals surface area contributed by atoms with Crippen molar-refractivity contribution in [2.45, 2.75) is 252 Å². The molecule has 0 rings (SSSR count). The first kappa shape index (κ1) is 50.1. The van der Waals surface area contributed by atoms with E-state index in [1.54, 1.807) is 0 Å². The Morgan fingerprint density at radius 1 is 0.365 bits per heavy atom. The lowest BCUT2D eigenvalue weighted by atomic mass is 10.1. The van der Waals surface area contributed by atoms with Crippen LogP contribution >= 0.6 is 0 Å². The van der Waals surface area contributed by atoms with Crippen LogP contribution in [-0.2, 0) is 28.6 Å². The van der Waals surface area contributed by atoms with E-state index in [9.17, 15) is 14.4 Å². The highest BCUT2D eigenvalue weighted by atomic mass is 16.6. The number of hydrogen-bond acceptors (Lipinski definition) is 6. The largest absolute Gasteiger partial charge is 0.462 e. The molecule has 1 atom stereocenters. The molecule has 0 bridgehead atoms. The number of rotatable bonds is 41. The number of hydrogen-bond donors (Lipinski definition) is 0. The molecule has 0 saturated carbocycles. The molecule has 0 aliphatic rings. The quantitative estimate of drug-likeness (QED) is 0.0269. The van der Waals surface area contributed by atoms with E-state index in [-0.39, 0.29) is 31.1 Å². The maximum atomic E-state index is 12.6. The van der Waals surface area contributed by atoms with Crippen LogP contribution in [0.5, 0.6) is 0 Å². The summed E-state index contributed by atoms with van der Waals surface area (Å²) >= 11 is 0. The van der Waals surface area contributed by atoms with Crippen LogP contribution in [0.1, 0.15) is 245 Å². The predicted molar refractivity (Wildman–Crippen MR) is 220 cm³/mol. The molecule has 0 aromatic carbocycles. The SMILES string of the molecule is CCCCCCCCC/C=C\CCCCCCCC(=O)OCC(COC(=O)CCCCCCCCCCC)OC(=O)CCCCCCCCCCC. The van der Waals surface area contributed by atoms with Gasteiger partial charge in [-0.1, -0.05) is 193 Å². The molecule has 306 valence electrons. The zero-order valence-corrected chi connectivity index (χ0v) is 34.8. The zero-order chi connectivity index (χ0) is 38.0. The Hall–Kier alpha value is -1.85. The lowest BCUT2D eigenvalue weighted by Crippen LogP contribution is -2.30. The summed E-state index contributed by atoms with van der Waals surface area (Å²) in [5, 5.41) is 0. The minimum Gasteiger partial charge on any atom is -0.462 e. The zero-order valence-electron chi connectivity index (χ0n) is 34.8. The first-order valence-electron chi connectivity index (χ1n) is 22.7. The normalized spacial score (nSPS) is 12.0. The molecule has 6 heteroatoms. The average Bonchev–Trinajstić information content (AvgIpc) is 3.14. The third-order valence-corrected chi connectivity index (χ3v) is 10.0. The minimum absolute atomic E-state index is 0.0689. The highest BCUT2D eigenvalue weighted by Crippen LogP contribution is 2.14. The number of esters is 3. The van der Waals surface area contributed by atoms with Gasteiger partial charge in [0, 0.05) is 19.3 Å². The summed E-state index contributed by atoms with van der Waals surface area (Å²) in [7, 11) is 0. The van der Waals surface area contributed by atoms with Crippen LogP contribution in [0, 0.1) is 0 Å². The van der Waals surface area contributed by atoms with Crippen molar-refractivity contribution in [2.24, 2.45) is 0 Å². The lowest BCUT2D eigenvalue weighted by Gasteiger charge is -2.18. The molecule has 0 heterocycles. The van der Waals surface area contributed by atoms with Gasteiger partial charge in [0.2, 0.25) is 0 Å². The van der Waals surface area contributed by atoms with Crippen molar-refractivity contribution in [3.8, 4) is 0 Å². The van der Waals surface area contributed by atoms with Gasteiger partial charge in [-0.05, 0) is 44.9 Å².